The van der Waals surface area contributed by atoms with Crippen molar-refractivity contribution in [3.05, 3.63) is 0 Å². The van der Waals surface area contributed by atoms with Gasteiger partial charge in [-0.2, -0.15) is 0 Å². The van der Waals surface area contributed by atoms with Crippen molar-refractivity contribution < 1.29 is 9.53 Å². The standard InChI is InChI=1S/C5H8N2O2/c6-4(8)5-2-1-3(7-5)9-5/h3,7H,1-2H2,(H2,6,8)/t3?,5-/m1/s1. The summed E-state index contributed by atoms with van der Waals surface area (Å²) in [5.41, 5.74) is 4.27. The van der Waals surface area contributed by atoms with Crippen LogP contribution in [0.2, 0.25) is 0 Å². The molecule has 2 atom stereocenters. The molecule has 4 heteroatoms. The summed E-state index contributed by atoms with van der Waals surface area (Å²) < 4.78 is 5.11. The average molecular weight is 128 g/mol. The molecule has 3 fully saturated rings. The van der Waals surface area contributed by atoms with Crippen LogP contribution in [0.25, 0.3) is 0 Å². The highest BCUT2D eigenvalue weighted by molar-refractivity contribution is 5.84. The van der Waals surface area contributed by atoms with Crippen molar-refractivity contribution in [3.63, 3.8) is 0 Å². The number of primary amides is 1. The van der Waals surface area contributed by atoms with E-state index in [1.54, 1.807) is 0 Å². The first-order chi connectivity index (χ1) is 4.23. The topological polar surface area (TPSA) is 64.4 Å². The van der Waals surface area contributed by atoms with Crippen molar-refractivity contribution in [1.29, 1.82) is 0 Å². The third-order valence-corrected chi connectivity index (χ3v) is 1.89. The number of amides is 1. The number of fused-ring (bicyclic) bond motifs is 1. The highest BCUT2D eigenvalue weighted by atomic mass is 16.6. The average Bonchev–Trinajstić information content (AvgIpc) is 2.13. The van der Waals surface area contributed by atoms with Crippen molar-refractivity contribution in [2.24, 2.45) is 5.73 Å². The van der Waals surface area contributed by atoms with Gasteiger partial charge in [-0.25, -0.2) is 0 Å². The number of rotatable bonds is 1. The van der Waals surface area contributed by atoms with Crippen LogP contribution >= 0.6 is 0 Å². The molecule has 50 valence electrons. The van der Waals surface area contributed by atoms with Crippen LogP contribution in [0.5, 0.6) is 0 Å². The van der Waals surface area contributed by atoms with Gasteiger partial charge >= 0.3 is 0 Å². The Bertz CT molecular complexity index is 157. The number of hydrogen-bond donors (Lipinski definition) is 2. The SMILES string of the molecule is NC(=O)[C@]12CCC(N1)O2. The molecular formula is C5H8N2O2. The second-order valence-electron chi connectivity index (χ2n) is 2.48. The van der Waals surface area contributed by atoms with Crippen molar-refractivity contribution in [2.45, 2.75) is 24.8 Å². The summed E-state index contributed by atoms with van der Waals surface area (Å²) in [6.45, 7) is 0. The van der Waals surface area contributed by atoms with Crippen molar-refractivity contribution in [3.8, 4) is 0 Å². The molecule has 2 bridgehead atoms. The third kappa shape index (κ3) is 0.469. The Labute approximate surface area is 52.4 Å². The predicted molar refractivity (Wildman–Crippen MR) is 29.2 cm³/mol. The number of nitrogens with two attached hydrogens (primary N) is 1. The van der Waals surface area contributed by atoms with Gasteiger partial charge in [-0.05, 0) is 6.42 Å². The van der Waals surface area contributed by atoms with Crippen LogP contribution in [0.4, 0.5) is 0 Å². The lowest BCUT2D eigenvalue weighted by Gasteiger charge is -2.36. The van der Waals surface area contributed by atoms with Crippen LogP contribution in [0.3, 0.4) is 0 Å². The van der Waals surface area contributed by atoms with Gasteiger partial charge in [-0.3, -0.25) is 10.1 Å². The zero-order valence-corrected chi connectivity index (χ0v) is 4.89. The minimum atomic E-state index is -0.773. The molecule has 3 aliphatic rings. The van der Waals surface area contributed by atoms with Gasteiger partial charge in [-0.1, -0.05) is 0 Å². The van der Waals surface area contributed by atoms with Crippen LogP contribution in [0.1, 0.15) is 12.8 Å². The van der Waals surface area contributed by atoms with E-state index in [0.717, 1.165) is 12.8 Å². The fourth-order valence-electron chi connectivity index (χ4n) is 1.36. The summed E-state index contributed by atoms with van der Waals surface area (Å²) in [6, 6.07) is 0. The quantitative estimate of drug-likeness (QED) is 0.471. The number of carbonyl (C=O) groups is 1. The molecule has 9 heavy (non-hydrogen) atoms. The lowest BCUT2D eigenvalue weighted by Crippen LogP contribution is -2.65. The largest absolute Gasteiger partial charge is 0.366 e. The van der Waals surface area contributed by atoms with Gasteiger partial charge in [0.15, 0.2) is 0 Å². The van der Waals surface area contributed by atoms with Gasteiger partial charge < -0.3 is 10.5 Å². The zero-order chi connectivity index (χ0) is 6.48. The van der Waals surface area contributed by atoms with E-state index in [0.29, 0.717) is 0 Å². The normalized spacial score (nSPS) is 46.4. The Hall–Kier alpha value is -0.610. The molecule has 3 heterocycles. The van der Waals surface area contributed by atoms with Gasteiger partial charge in [-0.15, -0.1) is 0 Å². The first kappa shape index (κ1) is 5.20. The molecule has 0 aliphatic carbocycles. The van der Waals surface area contributed by atoms with E-state index >= 15 is 0 Å². The first-order valence-corrected chi connectivity index (χ1v) is 2.98. The molecule has 1 unspecified atom stereocenters. The molecule has 1 amide bonds. The molecule has 4 nitrogen and oxygen atoms in total. The molecule has 3 rings (SSSR count). The lowest BCUT2D eigenvalue weighted by molar-refractivity contribution is -0.194. The summed E-state index contributed by atoms with van der Waals surface area (Å²) in [5, 5.41) is 2.93. The van der Waals surface area contributed by atoms with E-state index in [-0.39, 0.29) is 6.23 Å². The van der Waals surface area contributed by atoms with E-state index in [1.807, 2.05) is 0 Å². The van der Waals surface area contributed by atoms with Crippen molar-refractivity contribution >= 4 is 5.91 Å². The van der Waals surface area contributed by atoms with Gasteiger partial charge in [0.05, 0.1) is 0 Å². The van der Waals surface area contributed by atoms with Crippen LogP contribution in [0.15, 0.2) is 0 Å². The minimum Gasteiger partial charge on any atom is -0.366 e. The number of hydrogen-bond acceptors (Lipinski definition) is 3. The Morgan fingerprint density at radius 2 is 2.56 bits per heavy atom. The second-order valence-corrected chi connectivity index (χ2v) is 2.48. The Morgan fingerprint density at radius 3 is 2.78 bits per heavy atom. The van der Waals surface area contributed by atoms with E-state index in [9.17, 15) is 4.79 Å². The van der Waals surface area contributed by atoms with Gasteiger partial charge in [0.1, 0.15) is 6.23 Å². The van der Waals surface area contributed by atoms with E-state index in [2.05, 4.69) is 5.32 Å². The van der Waals surface area contributed by atoms with E-state index in [4.69, 9.17) is 10.5 Å². The number of nitrogens with one attached hydrogen (secondary N) is 1. The molecule has 3 N–H and O–H groups in total. The number of ether oxygens (including phenoxy) is 1. The molecular weight excluding hydrogens is 120 g/mol. The third-order valence-electron chi connectivity index (χ3n) is 1.89. The summed E-state index contributed by atoms with van der Waals surface area (Å²) >= 11 is 0. The maximum Gasteiger partial charge on any atom is 0.265 e. The van der Waals surface area contributed by atoms with Gasteiger partial charge in [0.25, 0.3) is 5.91 Å². The summed E-state index contributed by atoms with van der Waals surface area (Å²) in [4.78, 5) is 10.6. The molecule has 0 aromatic heterocycles. The fourth-order valence-corrected chi connectivity index (χ4v) is 1.36. The smallest absolute Gasteiger partial charge is 0.265 e. The highest BCUT2D eigenvalue weighted by Crippen LogP contribution is 2.36. The maximum atomic E-state index is 10.6. The summed E-state index contributed by atoms with van der Waals surface area (Å²) in [7, 11) is 0. The predicted octanol–water partition coefficient (Wildman–Crippen LogP) is -1.09. The minimum absolute atomic E-state index is 0.0949. The monoisotopic (exact) mass is 128 g/mol. The molecule has 3 saturated heterocycles. The van der Waals surface area contributed by atoms with Gasteiger partial charge in [0, 0.05) is 6.42 Å². The van der Waals surface area contributed by atoms with Crippen LogP contribution in [-0.4, -0.2) is 17.9 Å². The van der Waals surface area contributed by atoms with Crippen molar-refractivity contribution in [2.75, 3.05) is 0 Å². The van der Waals surface area contributed by atoms with Crippen molar-refractivity contribution in [1.82, 2.24) is 5.32 Å². The molecule has 3 aliphatic heterocycles. The summed E-state index contributed by atoms with van der Waals surface area (Å²) in [6.07, 6.45) is 1.73. The molecule has 0 aromatic rings. The molecule has 0 spiro atoms. The van der Waals surface area contributed by atoms with E-state index < -0.39 is 11.6 Å². The first-order valence-electron chi connectivity index (χ1n) is 2.98. The van der Waals surface area contributed by atoms with Crippen LogP contribution in [0, 0.1) is 0 Å². The van der Waals surface area contributed by atoms with Gasteiger partial charge in [0.2, 0.25) is 5.72 Å². The van der Waals surface area contributed by atoms with Crippen LogP contribution in [-0.2, 0) is 9.53 Å². The zero-order valence-electron chi connectivity index (χ0n) is 4.89. The Kier molecular flexibility index (Phi) is 0.736. The number of carbonyl (C=O) groups excluding carboxylic acids is 1. The van der Waals surface area contributed by atoms with E-state index in [1.165, 1.54) is 0 Å². The fraction of sp³-hybridized carbons (Fsp3) is 0.800. The molecule has 0 aromatic carbocycles. The highest BCUT2D eigenvalue weighted by Gasteiger charge is 2.55. The Balaban J connectivity index is 2.19. The second kappa shape index (κ2) is 1.27. The molecule has 0 saturated carbocycles. The Morgan fingerprint density at radius 1 is 1.89 bits per heavy atom. The maximum absolute atomic E-state index is 10.6. The van der Waals surface area contributed by atoms with Crippen LogP contribution < -0.4 is 11.1 Å². The summed E-state index contributed by atoms with van der Waals surface area (Å²) in [5.74, 6) is -0.392. The lowest BCUT2D eigenvalue weighted by atomic mass is 10.2. The molecule has 0 radical (unpaired) electrons.